The van der Waals surface area contributed by atoms with Crippen LogP contribution in [0, 0.1) is 27.4 Å². The molecule has 0 aromatic carbocycles. The highest BCUT2D eigenvalue weighted by Crippen LogP contribution is 2.35. The molecule has 1 amide bonds. The molecule has 23 heavy (non-hydrogen) atoms. The third kappa shape index (κ3) is 3.04. The fourth-order valence-corrected chi connectivity index (χ4v) is 3.87. The first kappa shape index (κ1) is 15.5. The molecule has 0 spiro atoms. The van der Waals surface area contributed by atoms with Crippen molar-refractivity contribution < 1.29 is 9.72 Å². The zero-order valence-corrected chi connectivity index (χ0v) is 12.8. The lowest BCUT2D eigenvalue weighted by Gasteiger charge is -2.44. The van der Waals surface area contributed by atoms with Gasteiger partial charge in [-0.2, -0.15) is 10.4 Å². The largest absolute Gasteiger partial charge is 0.338 e. The summed E-state index contributed by atoms with van der Waals surface area (Å²) in [6, 6.07) is 1.99. The Bertz CT molecular complexity index is 661. The Morgan fingerprint density at radius 2 is 2.13 bits per heavy atom. The van der Waals surface area contributed by atoms with E-state index < -0.39 is 4.92 Å². The lowest BCUT2D eigenvalue weighted by molar-refractivity contribution is -0.385. The highest BCUT2D eigenvalue weighted by molar-refractivity contribution is 5.76. The number of hydrogen-bond donors (Lipinski definition) is 0. The lowest BCUT2D eigenvalue weighted by Crippen LogP contribution is -2.50. The van der Waals surface area contributed by atoms with Crippen molar-refractivity contribution in [1.82, 2.24) is 14.7 Å². The summed E-state index contributed by atoms with van der Waals surface area (Å²) in [6.07, 6.45) is 7.96. The average molecular weight is 317 g/mol. The molecule has 1 saturated carbocycles. The summed E-state index contributed by atoms with van der Waals surface area (Å²) in [5.74, 6) is 0.520. The Kier molecular flexibility index (Phi) is 4.28. The Hall–Kier alpha value is -2.43. The summed E-state index contributed by atoms with van der Waals surface area (Å²) in [7, 11) is 0. The topological polar surface area (TPSA) is 105 Å². The number of rotatable bonds is 3. The number of aromatic nitrogens is 2. The molecule has 0 radical (unpaired) electrons. The first-order chi connectivity index (χ1) is 11.1. The SMILES string of the molecule is N#Cc1nn(CC(=O)N2CCCC3CCCCC32)cc1[N+](=O)[O-]. The summed E-state index contributed by atoms with van der Waals surface area (Å²) >= 11 is 0. The second kappa shape index (κ2) is 6.36. The van der Waals surface area contributed by atoms with Gasteiger partial charge in [0.1, 0.15) is 18.8 Å². The fourth-order valence-electron chi connectivity index (χ4n) is 3.87. The number of piperidine rings is 1. The van der Waals surface area contributed by atoms with Crippen molar-refractivity contribution in [2.75, 3.05) is 6.54 Å². The summed E-state index contributed by atoms with van der Waals surface area (Å²) in [4.78, 5) is 24.8. The maximum absolute atomic E-state index is 12.6. The van der Waals surface area contributed by atoms with Crippen LogP contribution >= 0.6 is 0 Å². The lowest BCUT2D eigenvalue weighted by atomic mass is 9.78. The molecule has 2 heterocycles. The van der Waals surface area contributed by atoms with E-state index in [0.717, 1.165) is 25.8 Å². The van der Waals surface area contributed by atoms with Gasteiger partial charge in [0.15, 0.2) is 0 Å². The van der Waals surface area contributed by atoms with Crippen molar-refractivity contribution in [3.05, 3.63) is 22.0 Å². The molecule has 8 heteroatoms. The summed E-state index contributed by atoms with van der Waals surface area (Å²) in [5.41, 5.74) is -0.605. The smallest absolute Gasteiger partial charge is 0.325 e. The van der Waals surface area contributed by atoms with Gasteiger partial charge in [-0.25, -0.2) is 0 Å². The maximum atomic E-state index is 12.6. The summed E-state index contributed by atoms with van der Waals surface area (Å²) in [6.45, 7) is 0.695. The van der Waals surface area contributed by atoms with Gasteiger partial charge >= 0.3 is 5.69 Å². The molecule has 2 aliphatic rings. The molecule has 1 aromatic heterocycles. The van der Waals surface area contributed by atoms with E-state index in [1.807, 2.05) is 4.90 Å². The molecule has 1 aromatic rings. The third-order valence-corrected chi connectivity index (χ3v) is 4.91. The molecule has 1 saturated heterocycles. The molecule has 0 N–H and O–H groups in total. The van der Waals surface area contributed by atoms with Crippen LogP contribution in [0.15, 0.2) is 6.20 Å². The standard InChI is InChI=1S/C15H19N5O3/c16-8-12-14(20(22)23)9-18(17-12)10-15(21)19-7-3-5-11-4-1-2-6-13(11)19/h9,11,13H,1-7,10H2. The van der Waals surface area contributed by atoms with Gasteiger partial charge in [0.05, 0.1) is 4.92 Å². The zero-order valence-electron chi connectivity index (χ0n) is 12.8. The minimum Gasteiger partial charge on any atom is -0.338 e. The molecular formula is C15H19N5O3. The minimum absolute atomic E-state index is 0.0499. The number of nitro groups is 1. The zero-order chi connectivity index (χ0) is 16.4. The third-order valence-electron chi connectivity index (χ3n) is 4.91. The number of likely N-dealkylation sites (tertiary alicyclic amines) is 1. The van der Waals surface area contributed by atoms with Crippen molar-refractivity contribution in [2.24, 2.45) is 5.92 Å². The average Bonchev–Trinajstić information content (AvgIpc) is 2.97. The first-order valence-corrected chi connectivity index (χ1v) is 8.01. The van der Waals surface area contributed by atoms with Crippen LogP contribution in [0.25, 0.3) is 0 Å². The molecule has 2 fully saturated rings. The van der Waals surface area contributed by atoms with E-state index in [1.165, 1.54) is 30.1 Å². The van der Waals surface area contributed by atoms with Crippen LogP contribution in [0.3, 0.4) is 0 Å². The van der Waals surface area contributed by atoms with Gasteiger partial charge in [-0.3, -0.25) is 19.6 Å². The molecule has 8 nitrogen and oxygen atoms in total. The molecule has 0 bridgehead atoms. The van der Waals surface area contributed by atoms with Gasteiger partial charge in [-0.05, 0) is 31.6 Å². The van der Waals surface area contributed by atoms with Gasteiger partial charge in [-0.1, -0.05) is 12.8 Å². The number of hydrogen-bond acceptors (Lipinski definition) is 5. The van der Waals surface area contributed by atoms with Crippen molar-refractivity contribution in [1.29, 1.82) is 5.26 Å². The number of fused-ring (bicyclic) bond motifs is 1. The highest BCUT2D eigenvalue weighted by atomic mass is 16.6. The van der Waals surface area contributed by atoms with E-state index in [1.54, 1.807) is 6.07 Å². The van der Waals surface area contributed by atoms with Crippen LogP contribution in [0.5, 0.6) is 0 Å². The van der Waals surface area contributed by atoms with Gasteiger partial charge < -0.3 is 4.90 Å². The Morgan fingerprint density at radius 1 is 1.39 bits per heavy atom. The Balaban J connectivity index is 1.73. The van der Waals surface area contributed by atoms with Crippen molar-refractivity contribution in [3.63, 3.8) is 0 Å². The molecule has 3 rings (SSSR count). The normalized spacial score (nSPS) is 23.9. The number of nitriles is 1. The van der Waals surface area contributed by atoms with Crippen molar-refractivity contribution in [2.45, 2.75) is 51.1 Å². The van der Waals surface area contributed by atoms with Crippen LogP contribution in [-0.2, 0) is 11.3 Å². The van der Waals surface area contributed by atoms with Crippen LogP contribution in [-0.4, -0.2) is 38.1 Å². The monoisotopic (exact) mass is 317 g/mol. The number of carbonyl (C=O) groups excluding carboxylic acids is 1. The van der Waals surface area contributed by atoms with Gasteiger partial charge in [0.25, 0.3) is 0 Å². The first-order valence-electron chi connectivity index (χ1n) is 8.01. The van der Waals surface area contributed by atoms with Crippen LogP contribution in [0.1, 0.15) is 44.2 Å². The van der Waals surface area contributed by atoms with E-state index >= 15 is 0 Å². The van der Waals surface area contributed by atoms with E-state index in [-0.39, 0.29) is 23.8 Å². The van der Waals surface area contributed by atoms with Gasteiger partial charge in [-0.15, -0.1) is 0 Å². The molecule has 1 aliphatic carbocycles. The Labute approximate surface area is 133 Å². The van der Waals surface area contributed by atoms with Crippen LogP contribution in [0.2, 0.25) is 0 Å². The molecular weight excluding hydrogens is 298 g/mol. The van der Waals surface area contributed by atoms with E-state index in [4.69, 9.17) is 5.26 Å². The minimum atomic E-state index is -0.648. The number of nitrogens with zero attached hydrogens (tertiary/aromatic N) is 5. The molecule has 2 unspecified atom stereocenters. The number of amides is 1. The summed E-state index contributed by atoms with van der Waals surface area (Å²) < 4.78 is 1.21. The van der Waals surface area contributed by atoms with Gasteiger partial charge in [0, 0.05) is 12.6 Å². The molecule has 1 aliphatic heterocycles. The quantitative estimate of drug-likeness (QED) is 0.625. The fraction of sp³-hybridized carbons (Fsp3) is 0.667. The maximum Gasteiger partial charge on any atom is 0.325 e. The highest BCUT2D eigenvalue weighted by Gasteiger charge is 2.35. The van der Waals surface area contributed by atoms with E-state index in [0.29, 0.717) is 12.0 Å². The van der Waals surface area contributed by atoms with E-state index in [2.05, 4.69) is 5.10 Å². The van der Waals surface area contributed by atoms with Gasteiger partial charge in [0.2, 0.25) is 11.6 Å². The summed E-state index contributed by atoms with van der Waals surface area (Å²) in [5, 5.41) is 23.6. The second-order valence-electron chi connectivity index (χ2n) is 6.27. The van der Waals surface area contributed by atoms with Crippen LogP contribution < -0.4 is 0 Å². The molecule has 122 valence electrons. The predicted molar refractivity (Wildman–Crippen MR) is 80.3 cm³/mol. The predicted octanol–water partition coefficient (Wildman–Crippen LogP) is 1.84. The second-order valence-corrected chi connectivity index (χ2v) is 6.27. The number of carbonyl (C=O) groups is 1. The van der Waals surface area contributed by atoms with Crippen molar-refractivity contribution in [3.8, 4) is 6.07 Å². The van der Waals surface area contributed by atoms with E-state index in [9.17, 15) is 14.9 Å². The van der Waals surface area contributed by atoms with Crippen molar-refractivity contribution >= 4 is 11.6 Å². The molecule has 2 atom stereocenters. The Morgan fingerprint density at radius 3 is 2.83 bits per heavy atom. The van der Waals surface area contributed by atoms with Crippen LogP contribution in [0.4, 0.5) is 5.69 Å².